The molecule has 608 valence electrons. The average molecular weight is 1500 g/mol. The van der Waals surface area contributed by atoms with Crippen LogP contribution in [0.5, 0.6) is 0 Å². The lowest BCUT2D eigenvalue weighted by atomic mass is 9.76. The minimum atomic E-state index is -0.449. The minimum absolute atomic E-state index is 0.00984. The molecule has 0 aliphatic carbocycles. The molecule has 0 bridgehead atoms. The van der Waals surface area contributed by atoms with Crippen LogP contribution in [0.2, 0.25) is 0 Å². The maximum Gasteiger partial charge on any atom is 0.312 e. The van der Waals surface area contributed by atoms with Crippen molar-refractivity contribution in [1.82, 2.24) is 0 Å². The number of carbonyl (C=O) groups excluding carboxylic acids is 11. The van der Waals surface area contributed by atoms with Crippen molar-refractivity contribution in [2.24, 2.45) is 78.8 Å². The van der Waals surface area contributed by atoms with E-state index < -0.39 is 5.60 Å². The molecule has 11 aliphatic heterocycles. The molecule has 24 nitrogen and oxygen atoms in total. The van der Waals surface area contributed by atoms with E-state index in [9.17, 15) is 52.7 Å². The first kappa shape index (κ1) is 97.1. The lowest BCUT2D eigenvalue weighted by Gasteiger charge is -2.34. The molecular weight excluding hydrogens is 1360 g/mol. The first-order chi connectivity index (χ1) is 47.7. The summed E-state index contributed by atoms with van der Waals surface area (Å²) in [6, 6.07) is 0. The summed E-state index contributed by atoms with van der Waals surface area (Å²) in [7, 11) is 0. The van der Waals surface area contributed by atoms with Gasteiger partial charge < -0.3 is 62.3 Å². The third kappa shape index (κ3) is 33.2. The number of hydrogen-bond acceptors (Lipinski definition) is 24. The molecule has 24 heteroatoms. The monoisotopic (exact) mass is 1500 g/mol. The number of hydrogen-bond donors (Lipinski definition) is 2. The highest BCUT2D eigenvalue weighted by atomic mass is 16.6. The second-order valence-corrected chi connectivity index (χ2v) is 36.9. The fraction of sp³-hybridized carbons (Fsp3) is 0.864. The zero-order valence-corrected chi connectivity index (χ0v) is 69.8. The Morgan fingerprint density at radius 2 is 0.962 bits per heavy atom. The minimum Gasteiger partial charge on any atom is -0.466 e. The Labute approximate surface area is 629 Å². The van der Waals surface area contributed by atoms with Crippen molar-refractivity contribution in [3.63, 3.8) is 0 Å². The maximum atomic E-state index is 11.3. The van der Waals surface area contributed by atoms with Crippen molar-refractivity contribution in [1.29, 1.82) is 0 Å². The van der Waals surface area contributed by atoms with Crippen LogP contribution in [0.3, 0.4) is 0 Å². The lowest BCUT2D eigenvalue weighted by Crippen LogP contribution is -2.36. The number of aliphatic hydroxyl groups is 2. The molecule has 0 aromatic heterocycles. The first-order valence-corrected chi connectivity index (χ1v) is 37.9. The van der Waals surface area contributed by atoms with E-state index in [-0.39, 0.29) is 157 Å². The molecule has 11 fully saturated rings. The van der Waals surface area contributed by atoms with Gasteiger partial charge in [-0.1, -0.05) is 118 Å². The Hall–Kier alpha value is -5.91. The number of aliphatic hydroxyl groups excluding tert-OH is 2. The molecule has 0 aromatic rings. The zero-order valence-electron chi connectivity index (χ0n) is 69.8. The SMILES string of the molecule is CC1(C)CC(=O)OC1(C)C.CC1(C)CCCOC1=O.CC1(C)CCOC(=O)C1.CC1(CCO)CC(C)(C)C(=O)O1.CC1C(=O)OCC1(C)CCO.CC1C(=O)OCCC1(C)C.CC1CC(=O)OC1(C)C.CC1CC(=O)OC1C.CC1CC(=O)OCC1(C)C.CC1CCOC(=O)C1.CC1OC(=O)CC1(C)C. The predicted octanol–water partition coefficient (Wildman–Crippen LogP) is 13.9. The molecule has 0 spiro atoms. The fourth-order valence-electron chi connectivity index (χ4n) is 11.6. The lowest BCUT2D eigenvalue weighted by molar-refractivity contribution is -0.160. The Morgan fingerprint density at radius 1 is 0.410 bits per heavy atom. The third-order valence-corrected chi connectivity index (χ3v) is 22.9. The first-order valence-electron chi connectivity index (χ1n) is 37.9. The van der Waals surface area contributed by atoms with Gasteiger partial charge in [-0.2, -0.15) is 0 Å². The highest BCUT2D eigenvalue weighted by Crippen LogP contribution is 2.44. The average Bonchev–Trinajstić information content (AvgIpc) is 1.70. The zero-order chi connectivity index (χ0) is 81.5. The topological polar surface area (TPSA) is 330 Å². The highest BCUT2D eigenvalue weighted by Gasteiger charge is 2.50. The third-order valence-electron chi connectivity index (χ3n) is 22.9. The quantitative estimate of drug-likeness (QED) is 0.195. The van der Waals surface area contributed by atoms with E-state index in [4.69, 9.17) is 62.3 Å². The molecule has 0 saturated carbocycles. The van der Waals surface area contributed by atoms with Crippen LogP contribution in [0.15, 0.2) is 0 Å². The molecule has 11 aliphatic rings. The van der Waals surface area contributed by atoms with Gasteiger partial charge in [-0.25, -0.2) is 0 Å². The van der Waals surface area contributed by atoms with Crippen molar-refractivity contribution in [3.05, 3.63) is 0 Å². The van der Waals surface area contributed by atoms with Gasteiger partial charge in [0.05, 0.1) is 94.4 Å². The molecule has 0 radical (unpaired) electrons. The summed E-state index contributed by atoms with van der Waals surface area (Å²) in [6.45, 7) is 59.6. The van der Waals surface area contributed by atoms with E-state index in [1.165, 1.54) is 0 Å². The number of ether oxygens (including phenoxy) is 11. The Kier molecular flexibility index (Phi) is 37.5. The van der Waals surface area contributed by atoms with E-state index in [1.54, 1.807) is 0 Å². The van der Waals surface area contributed by atoms with E-state index >= 15 is 0 Å². The van der Waals surface area contributed by atoms with Gasteiger partial charge in [0, 0.05) is 72.4 Å². The van der Waals surface area contributed by atoms with Gasteiger partial charge in [0.1, 0.15) is 29.0 Å². The van der Waals surface area contributed by atoms with Gasteiger partial charge in [0.25, 0.3) is 0 Å². The normalized spacial score (nSPS) is 31.4. The van der Waals surface area contributed by atoms with Crippen molar-refractivity contribution in [2.75, 3.05) is 52.9 Å². The van der Waals surface area contributed by atoms with Crippen LogP contribution in [0.4, 0.5) is 0 Å². The largest absolute Gasteiger partial charge is 0.466 e. The molecule has 11 rings (SSSR count). The van der Waals surface area contributed by atoms with E-state index in [2.05, 4.69) is 69.2 Å². The second-order valence-electron chi connectivity index (χ2n) is 36.9. The number of carbonyl (C=O) groups is 11. The van der Waals surface area contributed by atoms with Crippen molar-refractivity contribution < 1.29 is 115 Å². The second kappa shape index (κ2) is 40.5. The molecular formula is C81H140O24. The summed E-state index contributed by atoms with van der Waals surface area (Å²) in [4.78, 5) is 119. The molecule has 11 heterocycles. The summed E-state index contributed by atoms with van der Waals surface area (Å²) in [5.41, 5.74) is -1.19. The van der Waals surface area contributed by atoms with E-state index in [1.807, 2.05) is 125 Å². The Bertz CT molecular complexity index is 2800. The van der Waals surface area contributed by atoms with Gasteiger partial charge in [-0.3, -0.25) is 52.7 Å². The smallest absolute Gasteiger partial charge is 0.312 e. The van der Waals surface area contributed by atoms with Crippen LogP contribution >= 0.6 is 0 Å². The summed E-state index contributed by atoms with van der Waals surface area (Å²) < 4.78 is 54.2. The van der Waals surface area contributed by atoms with Gasteiger partial charge in [-0.05, 0) is 137 Å². The standard InChI is InChI=1S/C9H16O3.C8H14O3.3C8H14O2.4C7H12O2.2C6H10O2/c1-8(2)6-9(3,4-5-10)12-7(8)11;1-6-7(10)11-5-8(6,2)3-4-9;1-7(2)5-6(9)10-8(7,3)4;1-6-4-7(9)10-5-8(6,2)3;1-6-7(9)10-5-4-8(6,2)3;1-5-7(2,3)4-6(8)9-5;1-5-4-6(8)9-7(5,2)3;1-7(2)3-4-9-6(8)5-7;1-7(2)4-3-5-9-6(7)8;1-4-3-6(7)8-5(4)2;1-5-2-3-8-6(7)4-5/h10H,4-6H2,1-3H3;6,9H,3-5H2,1-2H3;5H2,1-4H3;2*6H,4-5H2,1-3H3;2*5H,4H2,1-3H3;2*3-5H2,1-2H3;4-5H,3H2,1-2H3;5H,2-4H2,1H3. The summed E-state index contributed by atoms with van der Waals surface area (Å²) in [5, 5.41) is 17.5. The number of esters is 11. The highest BCUT2D eigenvalue weighted by molar-refractivity contribution is 5.79. The van der Waals surface area contributed by atoms with Gasteiger partial charge in [0.15, 0.2) is 0 Å². The molecule has 10 unspecified atom stereocenters. The van der Waals surface area contributed by atoms with Crippen LogP contribution in [-0.4, -0.2) is 158 Å². The van der Waals surface area contributed by atoms with Crippen LogP contribution < -0.4 is 0 Å². The molecule has 2 N–H and O–H groups in total. The summed E-state index contributed by atoms with van der Waals surface area (Å²) in [6.07, 6.45) is 11.1. The molecule has 10 atom stereocenters. The summed E-state index contributed by atoms with van der Waals surface area (Å²) in [5.74, 6) is 0.986. The maximum absolute atomic E-state index is 11.3. The molecule has 0 aromatic carbocycles. The van der Waals surface area contributed by atoms with Gasteiger partial charge >= 0.3 is 65.7 Å². The molecule has 0 amide bonds. The van der Waals surface area contributed by atoms with Crippen LogP contribution in [0, 0.1) is 78.8 Å². The molecule has 11 saturated heterocycles. The molecule has 105 heavy (non-hydrogen) atoms. The van der Waals surface area contributed by atoms with Crippen molar-refractivity contribution in [3.8, 4) is 0 Å². The number of cyclic esters (lactones) is 11. The van der Waals surface area contributed by atoms with Crippen molar-refractivity contribution >= 4 is 65.7 Å². The Balaban J connectivity index is 0.000000578. The van der Waals surface area contributed by atoms with Crippen LogP contribution in [0.25, 0.3) is 0 Å². The van der Waals surface area contributed by atoms with Gasteiger partial charge in [0.2, 0.25) is 0 Å². The van der Waals surface area contributed by atoms with Crippen LogP contribution in [0.1, 0.15) is 290 Å². The predicted molar refractivity (Wildman–Crippen MR) is 395 cm³/mol. The summed E-state index contributed by atoms with van der Waals surface area (Å²) >= 11 is 0. The van der Waals surface area contributed by atoms with Gasteiger partial charge in [-0.15, -0.1) is 0 Å². The van der Waals surface area contributed by atoms with E-state index in [0.29, 0.717) is 128 Å². The van der Waals surface area contributed by atoms with E-state index in [0.717, 1.165) is 32.1 Å². The van der Waals surface area contributed by atoms with Crippen molar-refractivity contribution in [2.45, 2.75) is 319 Å². The van der Waals surface area contributed by atoms with Crippen LogP contribution in [-0.2, 0) is 105 Å². The Morgan fingerprint density at radius 3 is 1.24 bits per heavy atom. The fourth-order valence-corrected chi connectivity index (χ4v) is 11.6. The number of rotatable bonds is 4.